The Balaban J connectivity index is 1.32. The molecule has 3 N–H and O–H groups in total. The number of imidazole rings is 1. The first-order valence-electron chi connectivity index (χ1n) is 8.49. The normalized spacial score (nSPS) is 14.2. The van der Waals surface area contributed by atoms with Gasteiger partial charge in [-0.15, -0.1) is 0 Å². The van der Waals surface area contributed by atoms with E-state index in [4.69, 9.17) is 0 Å². The maximum atomic E-state index is 12.4. The SMILES string of the molecule is Cc1[nH]nc(C2CC2)c1C(=O)NCCCc1nc2ccccc2[nH]1. The summed E-state index contributed by atoms with van der Waals surface area (Å²) < 4.78 is 0. The minimum absolute atomic E-state index is 0.0206. The second kappa shape index (κ2) is 6.11. The Bertz CT molecular complexity index is 842. The fourth-order valence-electron chi connectivity index (χ4n) is 3.06. The number of nitrogens with zero attached hydrogens (tertiary/aromatic N) is 2. The van der Waals surface area contributed by atoms with Crippen LogP contribution in [0.4, 0.5) is 0 Å². The van der Waals surface area contributed by atoms with Crippen molar-refractivity contribution in [2.24, 2.45) is 0 Å². The van der Waals surface area contributed by atoms with Crippen LogP contribution >= 0.6 is 0 Å². The van der Waals surface area contributed by atoms with E-state index in [0.29, 0.717) is 12.5 Å². The number of aromatic nitrogens is 4. The van der Waals surface area contributed by atoms with Gasteiger partial charge in [-0.2, -0.15) is 5.10 Å². The molecule has 1 amide bonds. The standard InChI is InChI=1S/C18H21N5O/c1-11-16(17(23-22-11)12-8-9-12)18(24)19-10-4-7-15-20-13-5-2-3-6-14(13)21-15/h2-3,5-6,12H,4,7-10H2,1H3,(H,19,24)(H,20,21)(H,22,23). The molecule has 1 fully saturated rings. The van der Waals surface area contributed by atoms with E-state index in [0.717, 1.165) is 59.5 Å². The molecule has 1 aromatic carbocycles. The predicted octanol–water partition coefficient (Wildman–Crippen LogP) is 2.83. The Morgan fingerprint density at radius 3 is 2.96 bits per heavy atom. The van der Waals surface area contributed by atoms with Crippen LogP contribution in [0.5, 0.6) is 0 Å². The molecule has 3 aromatic rings. The third kappa shape index (κ3) is 2.91. The molecule has 0 unspecified atom stereocenters. The van der Waals surface area contributed by atoms with Crippen LogP contribution in [0.3, 0.4) is 0 Å². The molecule has 0 atom stereocenters. The van der Waals surface area contributed by atoms with E-state index in [9.17, 15) is 4.79 Å². The molecular weight excluding hydrogens is 302 g/mol. The number of aryl methyl sites for hydroxylation is 2. The lowest BCUT2D eigenvalue weighted by molar-refractivity contribution is 0.0951. The van der Waals surface area contributed by atoms with E-state index >= 15 is 0 Å². The summed E-state index contributed by atoms with van der Waals surface area (Å²) in [6.45, 7) is 2.53. The summed E-state index contributed by atoms with van der Waals surface area (Å²) in [7, 11) is 0. The first-order valence-corrected chi connectivity index (χ1v) is 8.49. The molecule has 0 spiro atoms. The zero-order valence-corrected chi connectivity index (χ0v) is 13.7. The Kier molecular flexibility index (Phi) is 3.80. The lowest BCUT2D eigenvalue weighted by atomic mass is 10.1. The number of benzene rings is 1. The number of para-hydroxylation sites is 2. The monoisotopic (exact) mass is 323 g/mol. The van der Waals surface area contributed by atoms with Crippen LogP contribution in [0, 0.1) is 6.92 Å². The van der Waals surface area contributed by atoms with Gasteiger partial charge in [0.05, 0.1) is 22.3 Å². The summed E-state index contributed by atoms with van der Waals surface area (Å²) in [6, 6.07) is 8.00. The van der Waals surface area contributed by atoms with E-state index < -0.39 is 0 Å². The molecule has 0 aliphatic heterocycles. The van der Waals surface area contributed by atoms with Crippen molar-refractivity contribution in [3.05, 3.63) is 47.0 Å². The highest BCUT2D eigenvalue weighted by Gasteiger charge is 2.31. The maximum Gasteiger partial charge on any atom is 0.255 e. The van der Waals surface area contributed by atoms with Gasteiger partial charge in [-0.1, -0.05) is 12.1 Å². The van der Waals surface area contributed by atoms with E-state index in [1.807, 2.05) is 31.2 Å². The van der Waals surface area contributed by atoms with Crippen molar-refractivity contribution in [1.29, 1.82) is 0 Å². The number of amides is 1. The highest BCUT2D eigenvalue weighted by Crippen LogP contribution is 2.41. The highest BCUT2D eigenvalue weighted by molar-refractivity contribution is 5.96. The third-order valence-electron chi connectivity index (χ3n) is 4.48. The molecule has 24 heavy (non-hydrogen) atoms. The van der Waals surface area contributed by atoms with Crippen molar-refractivity contribution in [3.8, 4) is 0 Å². The van der Waals surface area contributed by atoms with Gasteiger partial charge < -0.3 is 10.3 Å². The predicted molar refractivity (Wildman–Crippen MR) is 92.0 cm³/mol. The van der Waals surface area contributed by atoms with Crippen molar-refractivity contribution in [1.82, 2.24) is 25.5 Å². The largest absolute Gasteiger partial charge is 0.352 e. The van der Waals surface area contributed by atoms with Crippen LogP contribution in [0.2, 0.25) is 0 Å². The van der Waals surface area contributed by atoms with Gasteiger partial charge in [-0.25, -0.2) is 4.98 Å². The molecular formula is C18H21N5O. The number of H-pyrrole nitrogens is 2. The van der Waals surface area contributed by atoms with Gasteiger partial charge in [0.25, 0.3) is 5.91 Å². The second-order valence-corrected chi connectivity index (χ2v) is 6.44. The van der Waals surface area contributed by atoms with E-state index in [1.54, 1.807) is 0 Å². The van der Waals surface area contributed by atoms with Crippen LogP contribution in [0.1, 0.15) is 52.8 Å². The molecule has 0 saturated heterocycles. The van der Waals surface area contributed by atoms with Crippen LogP contribution in [0.25, 0.3) is 11.0 Å². The number of nitrogens with one attached hydrogen (secondary N) is 3. The van der Waals surface area contributed by atoms with Crippen LogP contribution in [-0.4, -0.2) is 32.6 Å². The molecule has 6 heteroatoms. The molecule has 1 aliphatic rings. The van der Waals surface area contributed by atoms with Crippen molar-refractivity contribution in [3.63, 3.8) is 0 Å². The molecule has 6 nitrogen and oxygen atoms in total. The fourth-order valence-corrected chi connectivity index (χ4v) is 3.06. The van der Waals surface area contributed by atoms with Crippen LogP contribution in [-0.2, 0) is 6.42 Å². The number of carbonyl (C=O) groups excluding carboxylic acids is 1. The summed E-state index contributed by atoms with van der Waals surface area (Å²) in [5.74, 6) is 1.41. The highest BCUT2D eigenvalue weighted by atomic mass is 16.1. The van der Waals surface area contributed by atoms with Crippen LogP contribution in [0.15, 0.2) is 24.3 Å². The summed E-state index contributed by atoms with van der Waals surface area (Å²) in [6.07, 6.45) is 3.93. The zero-order valence-electron chi connectivity index (χ0n) is 13.7. The van der Waals surface area contributed by atoms with Gasteiger partial charge in [0.15, 0.2) is 0 Å². The summed E-state index contributed by atoms with van der Waals surface area (Å²) in [4.78, 5) is 20.3. The molecule has 2 aromatic heterocycles. The smallest absolute Gasteiger partial charge is 0.255 e. The minimum atomic E-state index is -0.0206. The average Bonchev–Trinajstić information content (AvgIpc) is 3.22. The van der Waals surface area contributed by atoms with E-state index in [-0.39, 0.29) is 5.91 Å². The molecule has 124 valence electrons. The summed E-state index contributed by atoms with van der Waals surface area (Å²) in [5.41, 5.74) is 4.56. The number of fused-ring (bicyclic) bond motifs is 1. The number of carbonyl (C=O) groups is 1. The Hall–Kier alpha value is -2.63. The number of rotatable bonds is 6. The van der Waals surface area contributed by atoms with Gasteiger partial charge in [0.2, 0.25) is 0 Å². The van der Waals surface area contributed by atoms with Crippen molar-refractivity contribution >= 4 is 16.9 Å². The number of hydrogen-bond donors (Lipinski definition) is 3. The van der Waals surface area contributed by atoms with Gasteiger partial charge in [0, 0.05) is 24.6 Å². The minimum Gasteiger partial charge on any atom is -0.352 e. The molecule has 0 bridgehead atoms. The molecule has 2 heterocycles. The van der Waals surface area contributed by atoms with Gasteiger partial charge >= 0.3 is 0 Å². The lowest BCUT2D eigenvalue weighted by Crippen LogP contribution is -2.26. The Morgan fingerprint density at radius 1 is 1.33 bits per heavy atom. The molecule has 1 aliphatic carbocycles. The quantitative estimate of drug-likeness (QED) is 0.610. The molecule has 4 rings (SSSR count). The average molecular weight is 323 g/mol. The lowest BCUT2D eigenvalue weighted by Gasteiger charge is -2.05. The summed E-state index contributed by atoms with van der Waals surface area (Å²) >= 11 is 0. The third-order valence-corrected chi connectivity index (χ3v) is 4.48. The maximum absolute atomic E-state index is 12.4. The topological polar surface area (TPSA) is 86.5 Å². The van der Waals surface area contributed by atoms with Gasteiger partial charge in [-0.05, 0) is 38.3 Å². The number of hydrogen-bond acceptors (Lipinski definition) is 3. The van der Waals surface area contributed by atoms with E-state index in [1.165, 1.54) is 0 Å². The first-order chi connectivity index (χ1) is 11.7. The van der Waals surface area contributed by atoms with Crippen molar-refractivity contribution in [2.45, 2.75) is 38.5 Å². The van der Waals surface area contributed by atoms with Crippen LogP contribution < -0.4 is 5.32 Å². The fraction of sp³-hybridized carbons (Fsp3) is 0.389. The zero-order chi connectivity index (χ0) is 16.5. The summed E-state index contributed by atoms with van der Waals surface area (Å²) in [5, 5.41) is 10.3. The van der Waals surface area contributed by atoms with Crippen molar-refractivity contribution < 1.29 is 4.79 Å². The van der Waals surface area contributed by atoms with E-state index in [2.05, 4.69) is 25.5 Å². The van der Waals surface area contributed by atoms with Gasteiger partial charge in [0.1, 0.15) is 5.82 Å². The van der Waals surface area contributed by atoms with Gasteiger partial charge in [-0.3, -0.25) is 9.89 Å². The van der Waals surface area contributed by atoms with Crippen molar-refractivity contribution in [2.75, 3.05) is 6.54 Å². The Labute approximate surface area is 140 Å². The number of aromatic amines is 2. The molecule has 1 saturated carbocycles. The first kappa shape index (κ1) is 14.9. The molecule has 0 radical (unpaired) electrons. The Morgan fingerprint density at radius 2 is 2.17 bits per heavy atom. The second-order valence-electron chi connectivity index (χ2n) is 6.44.